The summed E-state index contributed by atoms with van der Waals surface area (Å²) in [7, 11) is -3.65. The van der Waals surface area contributed by atoms with E-state index in [1.807, 2.05) is 19.9 Å². The van der Waals surface area contributed by atoms with Crippen LogP contribution in [0.15, 0.2) is 23.1 Å². The fourth-order valence-corrected chi connectivity index (χ4v) is 4.00. The van der Waals surface area contributed by atoms with Gasteiger partial charge >= 0.3 is 0 Å². The summed E-state index contributed by atoms with van der Waals surface area (Å²) in [6, 6.07) is 6.55. The monoisotopic (exact) mass is 294 g/mol. The number of aryl methyl sites for hydroxylation is 1. The molecule has 0 atom stereocenters. The lowest BCUT2D eigenvalue weighted by molar-refractivity contribution is -0.0932. The molecule has 1 heterocycles. The molecule has 20 heavy (non-hydrogen) atoms. The Bertz CT molecular complexity index is 668. The van der Waals surface area contributed by atoms with Gasteiger partial charge in [-0.15, -0.1) is 0 Å². The standard InChI is InChI=1S/C14H18N2O3S/c1-10(2)14(17)8-16(9-14)20(18,19)13-6-12(7-15)5-4-11(13)3/h4-6,10,17H,8-9H2,1-3H3. The molecule has 0 radical (unpaired) electrons. The lowest BCUT2D eigenvalue weighted by Gasteiger charge is -2.48. The van der Waals surface area contributed by atoms with E-state index in [2.05, 4.69) is 0 Å². The largest absolute Gasteiger partial charge is 0.387 e. The molecular weight excluding hydrogens is 276 g/mol. The van der Waals surface area contributed by atoms with Gasteiger partial charge in [-0.2, -0.15) is 9.57 Å². The van der Waals surface area contributed by atoms with E-state index in [1.54, 1.807) is 19.1 Å². The Balaban J connectivity index is 2.32. The SMILES string of the molecule is Cc1ccc(C#N)cc1S(=O)(=O)N1CC(O)(C(C)C)C1. The van der Waals surface area contributed by atoms with Crippen LogP contribution in [0, 0.1) is 24.2 Å². The van der Waals surface area contributed by atoms with Crippen molar-refractivity contribution in [1.29, 1.82) is 5.26 Å². The minimum Gasteiger partial charge on any atom is -0.387 e. The van der Waals surface area contributed by atoms with Crippen molar-refractivity contribution in [2.24, 2.45) is 5.92 Å². The molecule has 0 amide bonds. The molecule has 0 unspecified atom stereocenters. The molecular formula is C14H18N2O3S. The van der Waals surface area contributed by atoms with Crippen molar-refractivity contribution in [3.8, 4) is 6.07 Å². The maximum atomic E-state index is 12.5. The molecule has 5 nitrogen and oxygen atoms in total. The minimum absolute atomic E-state index is 0.000453. The Hall–Kier alpha value is -1.42. The fourth-order valence-electron chi connectivity index (χ4n) is 2.19. The molecule has 0 aromatic heterocycles. The van der Waals surface area contributed by atoms with Crippen LogP contribution in [0.4, 0.5) is 0 Å². The van der Waals surface area contributed by atoms with Gasteiger partial charge in [-0.3, -0.25) is 0 Å². The highest BCUT2D eigenvalue weighted by atomic mass is 32.2. The molecule has 0 spiro atoms. The maximum Gasteiger partial charge on any atom is 0.243 e. The highest BCUT2D eigenvalue weighted by Gasteiger charge is 2.49. The lowest BCUT2D eigenvalue weighted by Crippen LogP contribution is -2.65. The second-order valence-electron chi connectivity index (χ2n) is 5.62. The summed E-state index contributed by atoms with van der Waals surface area (Å²) in [5.74, 6) is 0.000453. The van der Waals surface area contributed by atoms with Crippen LogP contribution in [0.25, 0.3) is 0 Å². The average molecular weight is 294 g/mol. The van der Waals surface area contributed by atoms with E-state index >= 15 is 0 Å². The summed E-state index contributed by atoms with van der Waals surface area (Å²) < 4.78 is 26.3. The second kappa shape index (κ2) is 4.85. The van der Waals surface area contributed by atoms with Crippen molar-refractivity contribution < 1.29 is 13.5 Å². The Kier molecular flexibility index (Phi) is 3.63. The molecule has 1 N–H and O–H groups in total. The Morgan fingerprint density at radius 2 is 2.00 bits per heavy atom. The van der Waals surface area contributed by atoms with Gasteiger partial charge in [-0.1, -0.05) is 19.9 Å². The molecule has 1 aromatic rings. The number of rotatable bonds is 3. The quantitative estimate of drug-likeness (QED) is 0.910. The summed E-state index contributed by atoms with van der Waals surface area (Å²) in [6.45, 7) is 5.63. The zero-order valence-electron chi connectivity index (χ0n) is 11.8. The zero-order valence-corrected chi connectivity index (χ0v) is 12.6. The van der Waals surface area contributed by atoms with Crippen LogP contribution in [0.5, 0.6) is 0 Å². The molecule has 1 aliphatic heterocycles. The van der Waals surface area contributed by atoms with Gasteiger partial charge in [-0.25, -0.2) is 8.42 Å². The van der Waals surface area contributed by atoms with Crippen molar-refractivity contribution in [2.75, 3.05) is 13.1 Å². The number of sulfonamides is 1. The number of hydrogen-bond donors (Lipinski definition) is 1. The topological polar surface area (TPSA) is 81.4 Å². The Morgan fingerprint density at radius 1 is 1.40 bits per heavy atom. The molecule has 6 heteroatoms. The number of hydrogen-bond acceptors (Lipinski definition) is 4. The highest BCUT2D eigenvalue weighted by Crippen LogP contribution is 2.34. The van der Waals surface area contributed by atoms with Gasteiger partial charge in [0.25, 0.3) is 0 Å². The molecule has 0 bridgehead atoms. The normalized spacial score (nSPS) is 18.6. The number of benzene rings is 1. The molecule has 1 aromatic carbocycles. The van der Waals surface area contributed by atoms with E-state index in [4.69, 9.17) is 5.26 Å². The fraction of sp³-hybridized carbons (Fsp3) is 0.500. The van der Waals surface area contributed by atoms with Gasteiger partial charge < -0.3 is 5.11 Å². The van der Waals surface area contributed by atoms with E-state index in [0.717, 1.165) is 0 Å². The zero-order chi connectivity index (χ0) is 15.1. The van der Waals surface area contributed by atoms with E-state index in [9.17, 15) is 13.5 Å². The molecule has 0 saturated carbocycles. The lowest BCUT2D eigenvalue weighted by atomic mass is 9.85. The summed E-state index contributed by atoms with van der Waals surface area (Å²) in [5.41, 5.74) is -0.0359. The van der Waals surface area contributed by atoms with Crippen LogP contribution in [0.2, 0.25) is 0 Å². The van der Waals surface area contributed by atoms with E-state index in [-0.39, 0.29) is 23.9 Å². The smallest absolute Gasteiger partial charge is 0.243 e. The van der Waals surface area contributed by atoms with Gasteiger partial charge in [0.1, 0.15) is 0 Å². The first kappa shape index (κ1) is 15.0. The Morgan fingerprint density at radius 3 is 2.50 bits per heavy atom. The first-order chi connectivity index (χ1) is 9.20. The number of aliphatic hydroxyl groups is 1. The molecule has 1 saturated heterocycles. The van der Waals surface area contributed by atoms with Gasteiger partial charge in [0, 0.05) is 13.1 Å². The van der Waals surface area contributed by atoms with Gasteiger partial charge in [0.05, 0.1) is 22.1 Å². The first-order valence-electron chi connectivity index (χ1n) is 6.44. The maximum absolute atomic E-state index is 12.5. The van der Waals surface area contributed by atoms with E-state index < -0.39 is 15.6 Å². The summed E-state index contributed by atoms with van der Waals surface area (Å²) in [4.78, 5) is 0.141. The molecule has 1 fully saturated rings. The summed E-state index contributed by atoms with van der Waals surface area (Å²) in [6.07, 6.45) is 0. The number of nitriles is 1. The van der Waals surface area contributed by atoms with Gasteiger partial charge in [0.2, 0.25) is 10.0 Å². The molecule has 1 aliphatic rings. The predicted octanol–water partition coefficient (Wildman–Crippen LogP) is 1.26. The average Bonchev–Trinajstić information content (AvgIpc) is 2.34. The van der Waals surface area contributed by atoms with Crippen molar-refractivity contribution in [2.45, 2.75) is 31.3 Å². The van der Waals surface area contributed by atoms with Crippen LogP contribution >= 0.6 is 0 Å². The third-order valence-electron chi connectivity index (χ3n) is 3.91. The van der Waals surface area contributed by atoms with Crippen LogP contribution in [-0.2, 0) is 10.0 Å². The van der Waals surface area contributed by atoms with Crippen molar-refractivity contribution in [3.05, 3.63) is 29.3 Å². The van der Waals surface area contributed by atoms with Crippen LogP contribution in [-0.4, -0.2) is 36.5 Å². The molecule has 108 valence electrons. The third-order valence-corrected chi connectivity index (χ3v) is 5.84. The van der Waals surface area contributed by atoms with Crippen LogP contribution in [0.3, 0.4) is 0 Å². The number of β-amino-alcohol motifs (C(OH)–C–C–N with tert-alkyl or cyclic N) is 1. The third kappa shape index (κ3) is 2.33. The Labute approximate surface area is 119 Å². The molecule has 2 rings (SSSR count). The summed E-state index contributed by atoms with van der Waals surface area (Å²) in [5, 5.41) is 19.1. The van der Waals surface area contributed by atoms with Gasteiger partial charge in [0.15, 0.2) is 0 Å². The highest BCUT2D eigenvalue weighted by molar-refractivity contribution is 7.89. The predicted molar refractivity (Wildman–Crippen MR) is 74.4 cm³/mol. The molecule has 0 aliphatic carbocycles. The van der Waals surface area contributed by atoms with Gasteiger partial charge in [-0.05, 0) is 30.5 Å². The van der Waals surface area contributed by atoms with Crippen molar-refractivity contribution in [3.63, 3.8) is 0 Å². The van der Waals surface area contributed by atoms with Crippen molar-refractivity contribution >= 4 is 10.0 Å². The van der Waals surface area contributed by atoms with Crippen molar-refractivity contribution in [1.82, 2.24) is 4.31 Å². The number of nitrogens with zero attached hydrogens (tertiary/aromatic N) is 2. The van der Waals surface area contributed by atoms with E-state index in [0.29, 0.717) is 11.1 Å². The first-order valence-corrected chi connectivity index (χ1v) is 7.88. The summed E-state index contributed by atoms with van der Waals surface area (Å²) >= 11 is 0. The van der Waals surface area contributed by atoms with Crippen LogP contribution < -0.4 is 0 Å². The van der Waals surface area contributed by atoms with E-state index in [1.165, 1.54) is 10.4 Å². The van der Waals surface area contributed by atoms with Crippen LogP contribution in [0.1, 0.15) is 25.0 Å². The minimum atomic E-state index is -3.65. The second-order valence-corrected chi connectivity index (χ2v) is 7.53.